The van der Waals surface area contributed by atoms with E-state index in [4.69, 9.17) is 4.42 Å². The van der Waals surface area contributed by atoms with Gasteiger partial charge in [0.15, 0.2) is 0 Å². The molecule has 0 fully saturated rings. The third kappa shape index (κ3) is 2.94. The molecule has 2 nitrogen and oxygen atoms in total. The van der Waals surface area contributed by atoms with Crippen molar-refractivity contribution in [2.45, 2.75) is 6.54 Å². The fourth-order valence-electron chi connectivity index (χ4n) is 2.04. The highest BCUT2D eigenvalue weighted by atomic mass is 79.9. The van der Waals surface area contributed by atoms with E-state index in [2.05, 4.69) is 69.8 Å². The fraction of sp³-hybridized carbons (Fsp3) is 0.0588. The van der Waals surface area contributed by atoms with Gasteiger partial charge in [0.05, 0.1) is 17.3 Å². The molecule has 0 unspecified atom stereocenters. The second kappa shape index (κ2) is 5.97. The van der Waals surface area contributed by atoms with Crippen LogP contribution in [0.1, 0.15) is 5.76 Å². The van der Waals surface area contributed by atoms with E-state index in [1.807, 2.05) is 12.1 Å². The number of furan rings is 1. The highest BCUT2D eigenvalue weighted by Crippen LogP contribution is 2.22. The van der Waals surface area contributed by atoms with Crippen molar-refractivity contribution in [2.24, 2.45) is 0 Å². The molecule has 1 aromatic heterocycles. The smallest absolute Gasteiger partial charge is 0.136 e. The zero-order valence-electron chi connectivity index (χ0n) is 10.8. The van der Waals surface area contributed by atoms with Crippen molar-refractivity contribution >= 4 is 21.6 Å². The van der Waals surface area contributed by atoms with Crippen LogP contribution in [-0.2, 0) is 6.54 Å². The minimum atomic E-state index is 0.665. The van der Waals surface area contributed by atoms with E-state index in [1.54, 1.807) is 6.26 Å². The van der Waals surface area contributed by atoms with E-state index >= 15 is 0 Å². The van der Waals surface area contributed by atoms with Gasteiger partial charge >= 0.3 is 0 Å². The van der Waals surface area contributed by atoms with Crippen LogP contribution < -0.4 is 5.32 Å². The molecule has 3 heteroatoms. The maximum atomic E-state index is 5.37. The van der Waals surface area contributed by atoms with Crippen molar-refractivity contribution in [3.63, 3.8) is 0 Å². The molecule has 0 atom stereocenters. The third-order valence-electron chi connectivity index (χ3n) is 3.14. The molecule has 0 aliphatic carbocycles. The lowest BCUT2D eigenvalue weighted by atomic mass is 10.1. The van der Waals surface area contributed by atoms with Crippen molar-refractivity contribution in [1.29, 1.82) is 0 Å². The second-order valence-corrected chi connectivity index (χ2v) is 5.34. The standard InChI is InChI=1S/C17H14BrNO/c18-16-10-11-20-17(16)12-19-15-8-6-14(7-9-15)13-4-2-1-3-5-13/h1-11,19H,12H2. The van der Waals surface area contributed by atoms with Crippen LogP contribution in [0.3, 0.4) is 0 Å². The summed E-state index contributed by atoms with van der Waals surface area (Å²) in [6.45, 7) is 0.665. The minimum Gasteiger partial charge on any atom is -0.466 e. The summed E-state index contributed by atoms with van der Waals surface area (Å²) in [4.78, 5) is 0. The van der Waals surface area contributed by atoms with Crippen LogP contribution in [0, 0.1) is 0 Å². The molecule has 0 bridgehead atoms. The molecule has 0 aliphatic heterocycles. The van der Waals surface area contributed by atoms with Gasteiger partial charge in [-0.3, -0.25) is 0 Å². The van der Waals surface area contributed by atoms with E-state index in [0.29, 0.717) is 6.54 Å². The number of nitrogens with one attached hydrogen (secondary N) is 1. The third-order valence-corrected chi connectivity index (χ3v) is 3.84. The first-order valence-electron chi connectivity index (χ1n) is 6.44. The molecule has 1 N–H and O–H groups in total. The van der Waals surface area contributed by atoms with Crippen molar-refractivity contribution in [1.82, 2.24) is 0 Å². The fourth-order valence-corrected chi connectivity index (χ4v) is 2.39. The Kier molecular flexibility index (Phi) is 3.88. The van der Waals surface area contributed by atoms with E-state index in [-0.39, 0.29) is 0 Å². The second-order valence-electron chi connectivity index (χ2n) is 4.49. The Bertz CT molecular complexity index is 674. The molecular weight excluding hydrogens is 314 g/mol. The lowest BCUT2D eigenvalue weighted by molar-refractivity contribution is 0.516. The molecule has 0 amide bonds. The molecule has 100 valence electrons. The Morgan fingerprint density at radius 2 is 1.55 bits per heavy atom. The molecule has 0 spiro atoms. The molecule has 3 aromatic rings. The Balaban J connectivity index is 1.69. The molecule has 20 heavy (non-hydrogen) atoms. The molecule has 1 heterocycles. The Morgan fingerprint density at radius 3 is 2.20 bits per heavy atom. The van der Waals surface area contributed by atoms with Crippen LogP contribution in [0.5, 0.6) is 0 Å². The summed E-state index contributed by atoms with van der Waals surface area (Å²) in [5.41, 5.74) is 3.52. The summed E-state index contributed by atoms with van der Waals surface area (Å²) >= 11 is 3.45. The first-order valence-corrected chi connectivity index (χ1v) is 7.23. The van der Waals surface area contributed by atoms with Gasteiger partial charge in [0, 0.05) is 5.69 Å². The highest BCUT2D eigenvalue weighted by Gasteiger charge is 2.03. The van der Waals surface area contributed by atoms with Crippen LogP contribution in [0.15, 0.2) is 75.8 Å². The van der Waals surface area contributed by atoms with Gasteiger partial charge in [-0.15, -0.1) is 0 Å². The van der Waals surface area contributed by atoms with Gasteiger partial charge in [0.1, 0.15) is 5.76 Å². The molecule has 0 aliphatic rings. The first-order chi connectivity index (χ1) is 9.83. The van der Waals surface area contributed by atoms with Gasteiger partial charge in [-0.2, -0.15) is 0 Å². The Morgan fingerprint density at radius 1 is 0.850 bits per heavy atom. The van der Waals surface area contributed by atoms with E-state index in [1.165, 1.54) is 11.1 Å². The monoisotopic (exact) mass is 327 g/mol. The van der Waals surface area contributed by atoms with E-state index in [0.717, 1.165) is 15.9 Å². The zero-order chi connectivity index (χ0) is 13.8. The van der Waals surface area contributed by atoms with Crippen molar-refractivity contribution < 1.29 is 4.42 Å². The van der Waals surface area contributed by atoms with Gasteiger partial charge in [-0.25, -0.2) is 0 Å². The molecular formula is C17H14BrNO. The van der Waals surface area contributed by atoms with Crippen LogP contribution in [0.25, 0.3) is 11.1 Å². The lowest BCUT2D eigenvalue weighted by Crippen LogP contribution is -1.98. The largest absolute Gasteiger partial charge is 0.466 e. The van der Waals surface area contributed by atoms with Gasteiger partial charge in [-0.05, 0) is 45.3 Å². The van der Waals surface area contributed by atoms with E-state index < -0.39 is 0 Å². The quantitative estimate of drug-likeness (QED) is 0.701. The first kappa shape index (κ1) is 13.0. The number of rotatable bonds is 4. The van der Waals surface area contributed by atoms with E-state index in [9.17, 15) is 0 Å². The van der Waals surface area contributed by atoms with Crippen LogP contribution in [-0.4, -0.2) is 0 Å². The van der Waals surface area contributed by atoms with Crippen molar-refractivity contribution in [3.05, 3.63) is 77.2 Å². The Hall–Kier alpha value is -2.00. The van der Waals surface area contributed by atoms with Crippen LogP contribution in [0.2, 0.25) is 0 Å². The number of benzene rings is 2. The molecule has 3 rings (SSSR count). The van der Waals surface area contributed by atoms with Crippen LogP contribution in [0.4, 0.5) is 5.69 Å². The zero-order valence-corrected chi connectivity index (χ0v) is 12.4. The molecule has 0 saturated heterocycles. The average molecular weight is 328 g/mol. The molecule has 0 radical (unpaired) electrons. The van der Waals surface area contributed by atoms with Gasteiger partial charge in [0.2, 0.25) is 0 Å². The number of halogens is 1. The normalized spacial score (nSPS) is 10.4. The van der Waals surface area contributed by atoms with Gasteiger partial charge < -0.3 is 9.73 Å². The Labute approximate surface area is 126 Å². The average Bonchev–Trinajstić information content (AvgIpc) is 2.92. The SMILES string of the molecule is Brc1ccoc1CNc1ccc(-c2ccccc2)cc1. The van der Waals surface area contributed by atoms with Gasteiger partial charge in [0.25, 0.3) is 0 Å². The minimum absolute atomic E-state index is 0.665. The summed E-state index contributed by atoms with van der Waals surface area (Å²) in [6.07, 6.45) is 1.68. The molecule has 2 aromatic carbocycles. The molecule has 0 saturated carbocycles. The maximum Gasteiger partial charge on any atom is 0.136 e. The summed E-state index contributed by atoms with van der Waals surface area (Å²) < 4.78 is 6.36. The lowest BCUT2D eigenvalue weighted by Gasteiger charge is -2.07. The summed E-state index contributed by atoms with van der Waals surface area (Å²) in [5.74, 6) is 0.900. The number of anilines is 1. The number of hydrogen-bond acceptors (Lipinski definition) is 2. The summed E-state index contributed by atoms with van der Waals surface area (Å²) in [5, 5.41) is 3.34. The summed E-state index contributed by atoms with van der Waals surface area (Å²) in [6, 6.07) is 20.7. The summed E-state index contributed by atoms with van der Waals surface area (Å²) in [7, 11) is 0. The van der Waals surface area contributed by atoms with Crippen LogP contribution >= 0.6 is 15.9 Å². The highest BCUT2D eigenvalue weighted by molar-refractivity contribution is 9.10. The van der Waals surface area contributed by atoms with Gasteiger partial charge in [-0.1, -0.05) is 42.5 Å². The maximum absolute atomic E-state index is 5.37. The van der Waals surface area contributed by atoms with Crippen molar-refractivity contribution in [2.75, 3.05) is 5.32 Å². The number of hydrogen-bond donors (Lipinski definition) is 1. The predicted octanol–water partition coefficient (Wildman–Crippen LogP) is 5.32. The predicted molar refractivity (Wildman–Crippen MR) is 85.6 cm³/mol. The topological polar surface area (TPSA) is 25.2 Å². The van der Waals surface area contributed by atoms with Crippen molar-refractivity contribution in [3.8, 4) is 11.1 Å².